The molecular formula is C61H54Br2N4O2. The van der Waals surface area contributed by atoms with Crippen LogP contribution in [0.2, 0.25) is 0 Å². The number of fused-ring (bicyclic) bond motifs is 6. The molecule has 2 aromatic heterocycles. The molecule has 69 heavy (non-hydrogen) atoms. The number of para-hydroxylation sites is 2. The molecule has 6 nitrogen and oxygen atoms in total. The van der Waals surface area contributed by atoms with E-state index < -0.39 is 0 Å². The van der Waals surface area contributed by atoms with Gasteiger partial charge in [-0.05, 0) is 89.4 Å². The highest BCUT2D eigenvalue weighted by atomic mass is 79.9. The number of allylic oxidation sites excluding steroid dienone is 2. The van der Waals surface area contributed by atoms with Crippen LogP contribution >= 0.6 is 31.9 Å². The van der Waals surface area contributed by atoms with E-state index in [0.29, 0.717) is 53.5 Å². The minimum Gasteiger partial charge on any atom is -0.496 e. The quantitative estimate of drug-likeness (QED) is 0.0459. The molecule has 0 fully saturated rings. The topological polar surface area (TPSA) is 75.9 Å². The summed E-state index contributed by atoms with van der Waals surface area (Å²) < 4.78 is 19.4. The third-order valence-corrected chi connectivity index (χ3v) is 14.1. The third kappa shape index (κ3) is 10.6. The minimum atomic E-state index is 0.434. The van der Waals surface area contributed by atoms with Gasteiger partial charge in [-0.25, -0.2) is 0 Å². The van der Waals surface area contributed by atoms with Crippen LogP contribution in [0.5, 0.6) is 11.5 Å². The average molecular weight is 1030 g/mol. The summed E-state index contributed by atoms with van der Waals surface area (Å²) in [5, 5.41) is 26.4. The van der Waals surface area contributed by atoms with E-state index in [2.05, 4.69) is 194 Å². The molecule has 8 heteroatoms. The molecule has 0 aliphatic heterocycles. The molecule has 9 aromatic rings. The van der Waals surface area contributed by atoms with Crippen molar-refractivity contribution in [3.63, 3.8) is 0 Å². The van der Waals surface area contributed by atoms with Crippen LogP contribution in [0.1, 0.15) is 91.7 Å². The van der Waals surface area contributed by atoms with Gasteiger partial charge in [0.25, 0.3) is 0 Å². The van der Waals surface area contributed by atoms with Crippen molar-refractivity contribution in [2.24, 2.45) is 0 Å². The molecule has 0 radical (unpaired) electrons. The predicted molar refractivity (Wildman–Crippen MR) is 293 cm³/mol. The van der Waals surface area contributed by atoms with Gasteiger partial charge >= 0.3 is 0 Å². The van der Waals surface area contributed by atoms with Gasteiger partial charge in [-0.1, -0.05) is 181 Å². The molecule has 0 saturated heterocycles. The number of methoxy groups -OCH3 is 1. The molecule has 0 unspecified atom stereocenters. The van der Waals surface area contributed by atoms with Crippen LogP contribution in [0.4, 0.5) is 0 Å². The molecule has 344 valence electrons. The zero-order valence-electron chi connectivity index (χ0n) is 39.2. The fraction of sp³-hybridized carbons (Fsp3) is 0.213. The van der Waals surface area contributed by atoms with Crippen LogP contribution in [-0.2, 0) is 13.1 Å². The van der Waals surface area contributed by atoms with E-state index in [0.717, 1.165) is 50.5 Å². The fourth-order valence-corrected chi connectivity index (χ4v) is 10.2. The first-order chi connectivity index (χ1) is 33.8. The Morgan fingerprint density at radius 1 is 0.507 bits per heavy atom. The smallest absolute Gasteiger partial charge is 0.128 e. The standard InChI is InChI=1S/C61H54Br2N4O2/c1-3-4-5-6-7-8-9-14-31-69-61-37-54(46(38-64)32-42-19-23-44(24-20-42)40-66-56-17-12-10-15-50(56)52-29-27-48(62)34-58(52)66)60(68-2)36-55(61)47(39-65)33-43-21-25-45(26-22-43)41-67-57-18-13-11-16-51(57)53-30-28-49(63)35-59(53)67/h10-13,15-30,32-37H,3-9,14,31,40-41H2,1-2H3/b46-32+,47-33+. The molecule has 0 aliphatic carbocycles. The van der Waals surface area contributed by atoms with Gasteiger partial charge in [0.05, 0.1) is 48.0 Å². The summed E-state index contributed by atoms with van der Waals surface area (Å²) in [5.41, 5.74) is 10.9. The van der Waals surface area contributed by atoms with Crippen LogP contribution in [0.15, 0.2) is 155 Å². The van der Waals surface area contributed by atoms with E-state index in [1.807, 2.05) is 24.3 Å². The molecule has 0 saturated carbocycles. The van der Waals surface area contributed by atoms with Gasteiger partial charge in [0, 0.05) is 65.7 Å². The van der Waals surface area contributed by atoms with Gasteiger partial charge in [-0.3, -0.25) is 0 Å². The molecule has 0 bridgehead atoms. The van der Waals surface area contributed by atoms with E-state index in [4.69, 9.17) is 9.47 Å². The highest BCUT2D eigenvalue weighted by Gasteiger charge is 2.19. The number of rotatable bonds is 19. The van der Waals surface area contributed by atoms with Gasteiger partial charge in [0.15, 0.2) is 0 Å². The lowest BCUT2D eigenvalue weighted by Crippen LogP contribution is -2.03. The maximum Gasteiger partial charge on any atom is 0.128 e. The first kappa shape index (κ1) is 47.2. The molecule has 7 aromatic carbocycles. The summed E-state index contributed by atoms with van der Waals surface area (Å²) in [5.74, 6) is 1.03. The lowest BCUT2D eigenvalue weighted by atomic mass is 9.96. The number of ether oxygens (including phenoxy) is 2. The van der Waals surface area contributed by atoms with Gasteiger partial charge in [-0.15, -0.1) is 0 Å². The molecule has 0 amide bonds. The lowest BCUT2D eigenvalue weighted by Gasteiger charge is -2.16. The van der Waals surface area contributed by atoms with Crippen molar-refractivity contribution < 1.29 is 9.47 Å². The van der Waals surface area contributed by atoms with Gasteiger partial charge in [-0.2, -0.15) is 10.5 Å². The minimum absolute atomic E-state index is 0.434. The number of nitriles is 2. The number of aromatic nitrogens is 2. The number of benzene rings is 7. The van der Waals surface area contributed by atoms with Crippen LogP contribution in [0.3, 0.4) is 0 Å². The largest absolute Gasteiger partial charge is 0.496 e. The number of nitrogens with zero attached hydrogens (tertiary/aromatic N) is 4. The first-order valence-corrected chi connectivity index (χ1v) is 25.5. The van der Waals surface area contributed by atoms with E-state index in [1.165, 1.54) is 75.7 Å². The summed E-state index contributed by atoms with van der Waals surface area (Å²) in [6.07, 6.45) is 13.2. The number of hydrogen-bond donors (Lipinski definition) is 0. The van der Waals surface area contributed by atoms with Crippen molar-refractivity contribution in [3.8, 4) is 23.6 Å². The van der Waals surface area contributed by atoms with Crippen molar-refractivity contribution in [2.75, 3.05) is 13.7 Å². The zero-order valence-corrected chi connectivity index (χ0v) is 42.3. The molecule has 2 heterocycles. The summed E-state index contributed by atoms with van der Waals surface area (Å²) in [4.78, 5) is 0. The Morgan fingerprint density at radius 2 is 0.942 bits per heavy atom. The van der Waals surface area contributed by atoms with Crippen molar-refractivity contribution >= 4 is 98.8 Å². The predicted octanol–water partition coefficient (Wildman–Crippen LogP) is 17.2. The van der Waals surface area contributed by atoms with Gasteiger partial charge < -0.3 is 18.6 Å². The second kappa shape index (κ2) is 22.1. The maximum atomic E-state index is 10.8. The highest BCUT2D eigenvalue weighted by Crippen LogP contribution is 2.39. The normalized spacial score (nSPS) is 12.0. The van der Waals surface area contributed by atoms with Crippen LogP contribution in [0, 0.1) is 22.7 Å². The van der Waals surface area contributed by atoms with Crippen molar-refractivity contribution in [2.45, 2.75) is 71.4 Å². The number of unbranched alkanes of at least 4 members (excludes halogenated alkanes) is 7. The monoisotopic (exact) mass is 1030 g/mol. The highest BCUT2D eigenvalue weighted by molar-refractivity contribution is 9.10. The first-order valence-electron chi connectivity index (χ1n) is 24.0. The van der Waals surface area contributed by atoms with E-state index in [1.54, 1.807) is 7.11 Å². The zero-order chi connectivity index (χ0) is 47.7. The molecular weight excluding hydrogens is 981 g/mol. The summed E-state index contributed by atoms with van der Waals surface area (Å²) >= 11 is 7.36. The maximum absolute atomic E-state index is 10.8. The summed E-state index contributed by atoms with van der Waals surface area (Å²) in [6, 6.07) is 55.3. The van der Waals surface area contributed by atoms with E-state index >= 15 is 0 Å². The molecule has 0 aliphatic rings. The average Bonchev–Trinajstić information content (AvgIpc) is 3.85. The van der Waals surface area contributed by atoms with Crippen LogP contribution < -0.4 is 9.47 Å². The number of halogens is 2. The molecule has 0 spiro atoms. The summed E-state index contributed by atoms with van der Waals surface area (Å²) in [6.45, 7) is 4.14. The van der Waals surface area contributed by atoms with Crippen molar-refractivity contribution in [1.82, 2.24) is 9.13 Å². The Labute approximate surface area is 422 Å². The van der Waals surface area contributed by atoms with Crippen LogP contribution in [-0.4, -0.2) is 22.9 Å². The van der Waals surface area contributed by atoms with Crippen molar-refractivity contribution in [3.05, 3.63) is 188 Å². The molecule has 0 atom stereocenters. The SMILES string of the molecule is CCCCCCCCCCOc1cc(/C(C#N)=C/c2ccc(Cn3c4ccccc4c4ccc(Br)cc43)cc2)c(OC)cc1/C(C#N)=C/c1ccc(Cn2c3ccccc3c3ccc(Br)cc32)cc1. The van der Waals surface area contributed by atoms with Crippen LogP contribution in [0.25, 0.3) is 66.9 Å². The third-order valence-electron chi connectivity index (χ3n) is 13.1. The second-order valence-electron chi connectivity index (χ2n) is 17.7. The van der Waals surface area contributed by atoms with E-state index in [9.17, 15) is 10.5 Å². The molecule has 0 N–H and O–H groups in total. The Kier molecular flexibility index (Phi) is 15.1. The lowest BCUT2D eigenvalue weighted by molar-refractivity contribution is 0.302. The Bertz CT molecular complexity index is 3440. The van der Waals surface area contributed by atoms with Crippen molar-refractivity contribution in [1.29, 1.82) is 10.5 Å². The van der Waals surface area contributed by atoms with Gasteiger partial charge in [0.1, 0.15) is 11.5 Å². The Balaban J connectivity index is 0.995. The summed E-state index contributed by atoms with van der Waals surface area (Å²) in [7, 11) is 1.60. The van der Waals surface area contributed by atoms with E-state index in [-0.39, 0.29) is 0 Å². The molecule has 9 rings (SSSR count). The Hall–Kier alpha value is -6.84. The fourth-order valence-electron chi connectivity index (χ4n) is 9.55. The van der Waals surface area contributed by atoms with Gasteiger partial charge in [0.2, 0.25) is 0 Å². The number of hydrogen-bond acceptors (Lipinski definition) is 4. The Morgan fingerprint density at radius 3 is 1.42 bits per heavy atom. The second-order valence-corrected chi connectivity index (χ2v) is 19.6.